The number of anilines is 1. The van der Waals surface area contributed by atoms with Crippen molar-refractivity contribution in [3.05, 3.63) is 95.6 Å². The Hall–Kier alpha value is -5.47. The summed E-state index contributed by atoms with van der Waals surface area (Å²) < 4.78 is 16.5. The molecule has 2 aromatic carbocycles. The first-order valence-corrected chi connectivity index (χ1v) is 18.9. The van der Waals surface area contributed by atoms with Crippen LogP contribution in [0.4, 0.5) is 10.6 Å². The number of urea groups is 1. The Morgan fingerprint density at radius 2 is 1.71 bits per heavy atom. The second-order valence-electron chi connectivity index (χ2n) is 15.4. The molecule has 2 aliphatic rings. The second-order valence-corrected chi connectivity index (χ2v) is 15.4. The summed E-state index contributed by atoms with van der Waals surface area (Å²) in [6.45, 7) is 13.4. The number of hydrogen-bond acceptors (Lipinski definition) is 9. The minimum Gasteiger partial charge on any atom is -0.492 e. The van der Waals surface area contributed by atoms with E-state index in [-0.39, 0.29) is 42.1 Å². The van der Waals surface area contributed by atoms with Crippen molar-refractivity contribution in [1.29, 1.82) is 0 Å². The molecule has 0 spiro atoms. The Bertz CT molecular complexity index is 2060. The number of fused-ring (bicyclic) bond motifs is 2. The summed E-state index contributed by atoms with van der Waals surface area (Å²) in [5, 5.41) is 36.6. The molecule has 7 rings (SSSR count). The van der Waals surface area contributed by atoms with Crippen molar-refractivity contribution in [2.75, 3.05) is 31.6 Å². The fourth-order valence-electron chi connectivity index (χ4n) is 7.02. The van der Waals surface area contributed by atoms with Crippen molar-refractivity contribution in [3.63, 3.8) is 0 Å². The lowest BCUT2D eigenvalue weighted by Gasteiger charge is -2.32. The fourth-order valence-corrected chi connectivity index (χ4v) is 7.02. The van der Waals surface area contributed by atoms with Crippen LogP contribution in [0.2, 0.25) is 0 Å². The van der Waals surface area contributed by atoms with Gasteiger partial charge in [0, 0.05) is 43.1 Å². The summed E-state index contributed by atoms with van der Waals surface area (Å²) in [6, 6.07) is 21.3. The first kappa shape index (κ1) is 39.2. The van der Waals surface area contributed by atoms with Crippen molar-refractivity contribution in [2.24, 2.45) is 0 Å². The summed E-state index contributed by atoms with van der Waals surface area (Å²) in [7, 11) is 0. The van der Waals surface area contributed by atoms with Crippen molar-refractivity contribution >= 4 is 24.0 Å². The summed E-state index contributed by atoms with van der Waals surface area (Å²) in [6.07, 6.45) is 4.67. The number of aromatic nitrogens is 5. The zero-order valence-corrected chi connectivity index (χ0v) is 32.2. The van der Waals surface area contributed by atoms with E-state index in [9.17, 15) is 9.90 Å². The molecule has 0 saturated carbocycles. The highest BCUT2D eigenvalue weighted by Gasteiger charge is 2.30. The Morgan fingerprint density at radius 1 is 0.964 bits per heavy atom. The molecule has 292 valence electrons. The average molecular weight is 753 g/mol. The smallest absolute Gasteiger partial charge is 0.320 e. The largest absolute Gasteiger partial charge is 0.492 e. The van der Waals surface area contributed by atoms with E-state index in [1.807, 2.05) is 65.2 Å². The number of aliphatic hydroxyl groups is 1. The van der Waals surface area contributed by atoms with Crippen LogP contribution < -0.4 is 20.1 Å². The standard InChI is InChI=1S/C40H50N8O4.CH2O2/c1-26(2)38-44-43-36-16-13-30(25-47(36)38)52-34-15-14-33(31-11-6-7-12-32(31)34)41-39(50)42-37-24-35(40(3,4)5)45-48(37)27-9-8-10-29(23-27)51-22-21-46-19-17-28(49)18-20-46;2-1-3/h6-13,16,23-26,28,33-34,49H,14-15,17-22H2,1-5H3,(H2,41,42,50);1H,(H,2,3)/t33-,34+;/m0./s1. The molecule has 0 radical (unpaired) electrons. The molecule has 1 fully saturated rings. The first-order chi connectivity index (χ1) is 26.4. The molecule has 4 heterocycles. The molecule has 1 saturated heterocycles. The van der Waals surface area contributed by atoms with Gasteiger partial charge < -0.3 is 25.0 Å². The van der Waals surface area contributed by atoms with Crippen molar-refractivity contribution < 1.29 is 29.3 Å². The van der Waals surface area contributed by atoms with Gasteiger partial charge in [0.25, 0.3) is 6.47 Å². The second kappa shape index (κ2) is 17.3. The molecular weight excluding hydrogens is 701 g/mol. The number of piperidine rings is 1. The van der Waals surface area contributed by atoms with Gasteiger partial charge in [-0.3, -0.25) is 19.4 Å². The Kier molecular flexibility index (Phi) is 12.4. The molecule has 14 nitrogen and oxygen atoms in total. The van der Waals surface area contributed by atoms with Crippen LogP contribution in [-0.2, 0) is 10.2 Å². The molecular formula is C41H52N8O6. The van der Waals surface area contributed by atoms with Crippen molar-refractivity contribution in [2.45, 2.75) is 89.9 Å². The molecule has 2 amide bonds. The van der Waals surface area contributed by atoms with Gasteiger partial charge in [0.1, 0.15) is 35.9 Å². The van der Waals surface area contributed by atoms with E-state index < -0.39 is 0 Å². The third-order valence-electron chi connectivity index (χ3n) is 9.95. The number of rotatable bonds is 10. The number of aliphatic hydroxyl groups excluding tert-OH is 1. The first-order valence-electron chi connectivity index (χ1n) is 18.9. The maximum atomic E-state index is 13.7. The van der Waals surface area contributed by atoms with Gasteiger partial charge in [0.05, 0.1) is 29.7 Å². The van der Waals surface area contributed by atoms with Crippen LogP contribution in [-0.4, -0.2) is 84.3 Å². The predicted molar refractivity (Wildman–Crippen MR) is 209 cm³/mol. The topological polar surface area (TPSA) is 168 Å². The monoisotopic (exact) mass is 752 g/mol. The SMILES string of the molecule is CC(C)c1nnc2ccc(O[C@@H]3CC[C@H](NC(=O)Nc4cc(C(C)(C)C)nn4-c4cccc(OCCN5CCC(O)CC5)c4)c4ccccc43)cn12.O=CO. The number of amides is 2. The zero-order chi connectivity index (χ0) is 39.1. The Labute approximate surface area is 321 Å². The maximum Gasteiger partial charge on any atom is 0.320 e. The van der Waals surface area contributed by atoms with Gasteiger partial charge in [-0.25, -0.2) is 9.48 Å². The van der Waals surface area contributed by atoms with E-state index in [0.717, 1.165) is 84.4 Å². The highest BCUT2D eigenvalue weighted by molar-refractivity contribution is 5.89. The number of carboxylic acid groups (broad SMARTS) is 1. The summed E-state index contributed by atoms with van der Waals surface area (Å²) in [5.74, 6) is 3.17. The minimum atomic E-state index is -0.306. The van der Waals surface area contributed by atoms with E-state index in [1.165, 1.54) is 0 Å². The fraction of sp³-hybridized carbons (Fsp3) is 0.439. The van der Waals surface area contributed by atoms with Gasteiger partial charge in [-0.2, -0.15) is 5.10 Å². The van der Waals surface area contributed by atoms with Crippen LogP contribution in [0.5, 0.6) is 11.5 Å². The third kappa shape index (κ3) is 9.62. The predicted octanol–water partition coefficient (Wildman–Crippen LogP) is 6.65. The van der Waals surface area contributed by atoms with Gasteiger partial charge in [-0.1, -0.05) is 65.0 Å². The van der Waals surface area contributed by atoms with Crippen LogP contribution >= 0.6 is 0 Å². The number of carbonyl (C=O) groups is 2. The van der Waals surface area contributed by atoms with E-state index in [1.54, 1.807) is 4.68 Å². The summed E-state index contributed by atoms with van der Waals surface area (Å²) in [5.41, 5.74) is 4.30. The van der Waals surface area contributed by atoms with Crippen molar-refractivity contribution in [1.82, 2.24) is 34.6 Å². The van der Waals surface area contributed by atoms with Gasteiger partial charge in [0.15, 0.2) is 5.65 Å². The highest BCUT2D eigenvalue weighted by Crippen LogP contribution is 2.39. The maximum absolute atomic E-state index is 13.7. The minimum absolute atomic E-state index is 0.160. The van der Waals surface area contributed by atoms with E-state index in [2.05, 4.69) is 72.5 Å². The Morgan fingerprint density at radius 3 is 2.44 bits per heavy atom. The number of likely N-dealkylation sites (tertiary alicyclic amines) is 1. The highest BCUT2D eigenvalue weighted by atomic mass is 16.5. The molecule has 14 heteroatoms. The van der Waals surface area contributed by atoms with Gasteiger partial charge in [-0.05, 0) is 61.1 Å². The Balaban J connectivity index is 0.00000166. The lowest BCUT2D eigenvalue weighted by Crippen LogP contribution is -2.38. The van der Waals surface area contributed by atoms with Crippen LogP contribution in [0, 0.1) is 0 Å². The zero-order valence-electron chi connectivity index (χ0n) is 32.2. The number of hydrogen-bond donors (Lipinski definition) is 4. The number of carbonyl (C=O) groups excluding carboxylic acids is 1. The van der Waals surface area contributed by atoms with E-state index >= 15 is 0 Å². The van der Waals surface area contributed by atoms with Gasteiger partial charge in [0.2, 0.25) is 0 Å². The van der Waals surface area contributed by atoms with Crippen LogP contribution in [0.1, 0.15) is 101 Å². The molecule has 55 heavy (non-hydrogen) atoms. The molecule has 2 atom stereocenters. The molecule has 0 bridgehead atoms. The summed E-state index contributed by atoms with van der Waals surface area (Å²) >= 11 is 0. The lowest BCUT2D eigenvalue weighted by atomic mass is 9.85. The van der Waals surface area contributed by atoms with Crippen molar-refractivity contribution in [3.8, 4) is 17.2 Å². The third-order valence-corrected chi connectivity index (χ3v) is 9.95. The van der Waals surface area contributed by atoms with Crippen LogP contribution in [0.25, 0.3) is 11.3 Å². The summed E-state index contributed by atoms with van der Waals surface area (Å²) in [4.78, 5) is 24.4. The molecule has 1 aliphatic heterocycles. The number of nitrogens with one attached hydrogen (secondary N) is 2. The quantitative estimate of drug-likeness (QED) is 0.113. The lowest BCUT2D eigenvalue weighted by molar-refractivity contribution is -0.122. The number of nitrogens with zero attached hydrogens (tertiary/aromatic N) is 6. The molecule has 5 aromatic rings. The van der Waals surface area contributed by atoms with Gasteiger partial charge >= 0.3 is 6.03 Å². The molecule has 3 aromatic heterocycles. The number of ether oxygens (including phenoxy) is 2. The van der Waals surface area contributed by atoms with E-state index in [4.69, 9.17) is 24.5 Å². The molecule has 4 N–H and O–H groups in total. The van der Waals surface area contributed by atoms with Gasteiger partial charge in [-0.15, -0.1) is 10.2 Å². The van der Waals surface area contributed by atoms with E-state index in [0.29, 0.717) is 18.8 Å². The number of pyridine rings is 1. The molecule has 1 aliphatic carbocycles. The average Bonchev–Trinajstić information content (AvgIpc) is 3.79. The van der Waals surface area contributed by atoms with Crippen LogP contribution in [0.3, 0.4) is 0 Å². The normalized spacial score (nSPS) is 17.6. The van der Waals surface area contributed by atoms with Crippen LogP contribution in [0.15, 0.2) is 72.9 Å². The molecule has 0 unspecified atom stereocenters. The number of benzene rings is 2.